The maximum atomic E-state index is 13.5. The van der Waals surface area contributed by atoms with E-state index in [0.29, 0.717) is 5.69 Å². The molecule has 0 aliphatic heterocycles. The monoisotopic (exact) mass is 535 g/mol. The van der Waals surface area contributed by atoms with Crippen molar-refractivity contribution in [1.29, 1.82) is 0 Å². The van der Waals surface area contributed by atoms with Gasteiger partial charge in [0.05, 0.1) is 11.9 Å². The second-order valence-electron chi connectivity index (χ2n) is 8.42. The molecule has 7 nitrogen and oxygen atoms in total. The molecule has 1 aliphatic carbocycles. The average molecular weight is 536 g/mol. The van der Waals surface area contributed by atoms with Crippen LogP contribution in [0.15, 0.2) is 59.1 Å². The number of nitrogens with zero attached hydrogens (tertiary/aromatic N) is 2. The first-order valence-corrected chi connectivity index (χ1v) is 13.7. The summed E-state index contributed by atoms with van der Waals surface area (Å²) in [6.07, 6.45) is 5.12. The number of sulfonamides is 1. The molecule has 1 saturated carbocycles. The normalized spacial score (nSPS) is 15.1. The smallest absolute Gasteiger partial charge is 0.244 e. The van der Waals surface area contributed by atoms with Gasteiger partial charge in [0.1, 0.15) is 12.6 Å². The van der Waals surface area contributed by atoms with Crippen molar-refractivity contribution in [2.75, 3.05) is 17.1 Å². The van der Waals surface area contributed by atoms with E-state index in [1.54, 1.807) is 37.3 Å². The van der Waals surface area contributed by atoms with Gasteiger partial charge in [0, 0.05) is 17.1 Å². The van der Waals surface area contributed by atoms with Gasteiger partial charge in [0.2, 0.25) is 21.8 Å². The first kappa shape index (κ1) is 25.2. The highest BCUT2D eigenvalue weighted by Gasteiger charge is 2.31. The molecular formula is C24H30BrN3O4S. The predicted octanol–water partition coefficient (Wildman–Crippen LogP) is 3.69. The van der Waals surface area contributed by atoms with Gasteiger partial charge in [-0.1, -0.05) is 59.1 Å². The Morgan fingerprint density at radius 2 is 1.67 bits per heavy atom. The fourth-order valence-corrected chi connectivity index (χ4v) is 5.08. The van der Waals surface area contributed by atoms with Crippen molar-refractivity contribution in [2.45, 2.75) is 51.2 Å². The molecule has 33 heavy (non-hydrogen) atoms. The van der Waals surface area contributed by atoms with Crippen molar-refractivity contribution in [3.63, 3.8) is 0 Å². The van der Waals surface area contributed by atoms with Gasteiger partial charge in [0.25, 0.3) is 0 Å². The van der Waals surface area contributed by atoms with E-state index in [4.69, 9.17) is 0 Å². The van der Waals surface area contributed by atoms with E-state index in [0.717, 1.165) is 46.3 Å². The van der Waals surface area contributed by atoms with E-state index in [2.05, 4.69) is 21.2 Å². The second-order valence-corrected chi connectivity index (χ2v) is 11.2. The van der Waals surface area contributed by atoms with Crippen LogP contribution < -0.4 is 9.62 Å². The molecule has 0 spiro atoms. The Kier molecular flexibility index (Phi) is 8.53. The van der Waals surface area contributed by atoms with Crippen molar-refractivity contribution < 1.29 is 18.0 Å². The SMILES string of the molecule is C[C@H](C(=O)NC1CCCC1)N(Cc1ccc(Br)cc1)C(=O)CN(c1ccccc1)S(C)(=O)=O. The van der Waals surface area contributed by atoms with Crippen LogP contribution >= 0.6 is 15.9 Å². The van der Waals surface area contributed by atoms with Gasteiger partial charge in [-0.2, -0.15) is 0 Å². The number of benzene rings is 2. The van der Waals surface area contributed by atoms with Crippen molar-refractivity contribution in [2.24, 2.45) is 0 Å². The summed E-state index contributed by atoms with van der Waals surface area (Å²) in [6.45, 7) is 1.49. The standard InChI is InChI=1S/C24H30BrN3O4S/c1-18(24(30)26-21-8-6-7-9-21)27(16-19-12-14-20(25)15-13-19)23(29)17-28(33(2,31)32)22-10-4-3-5-11-22/h3-5,10-15,18,21H,6-9,16-17H2,1-2H3,(H,26,30)/t18-/m1/s1. The number of rotatable bonds is 9. The quantitative estimate of drug-likeness (QED) is 0.530. The molecule has 178 valence electrons. The molecule has 0 aromatic heterocycles. The third-order valence-electron chi connectivity index (χ3n) is 5.86. The lowest BCUT2D eigenvalue weighted by Crippen LogP contribution is -2.52. The van der Waals surface area contributed by atoms with Crippen LogP contribution in [0.4, 0.5) is 5.69 Å². The van der Waals surface area contributed by atoms with E-state index in [9.17, 15) is 18.0 Å². The lowest BCUT2D eigenvalue weighted by molar-refractivity contribution is -0.139. The van der Waals surface area contributed by atoms with E-state index in [-0.39, 0.29) is 25.0 Å². The third-order valence-corrected chi connectivity index (χ3v) is 7.53. The lowest BCUT2D eigenvalue weighted by atomic mass is 10.1. The van der Waals surface area contributed by atoms with Crippen molar-refractivity contribution >= 4 is 43.5 Å². The van der Waals surface area contributed by atoms with Crippen LogP contribution in [0.5, 0.6) is 0 Å². The number of hydrogen-bond donors (Lipinski definition) is 1. The van der Waals surface area contributed by atoms with Crippen LogP contribution in [0, 0.1) is 0 Å². The number of para-hydroxylation sites is 1. The fourth-order valence-electron chi connectivity index (χ4n) is 3.97. The van der Waals surface area contributed by atoms with E-state index >= 15 is 0 Å². The summed E-state index contributed by atoms with van der Waals surface area (Å²) < 4.78 is 27.0. The van der Waals surface area contributed by atoms with Gasteiger partial charge in [-0.15, -0.1) is 0 Å². The van der Waals surface area contributed by atoms with Gasteiger partial charge >= 0.3 is 0 Å². The second kappa shape index (κ2) is 11.2. The summed E-state index contributed by atoms with van der Waals surface area (Å²) in [4.78, 5) is 27.9. The highest BCUT2D eigenvalue weighted by atomic mass is 79.9. The van der Waals surface area contributed by atoms with Gasteiger partial charge in [-0.25, -0.2) is 8.42 Å². The lowest BCUT2D eigenvalue weighted by Gasteiger charge is -2.32. The van der Waals surface area contributed by atoms with Crippen molar-refractivity contribution in [1.82, 2.24) is 10.2 Å². The molecule has 1 N–H and O–H groups in total. The van der Waals surface area contributed by atoms with Crippen LogP contribution in [0.25, 0.3) is 0 Å². The minimum atomic E-state index is -3.71. The summed E-state index contributed by atoms with van der Waals surface area (Å²) in [5.74, 6) is -0.667. The largest absolute Gasteiger partial charge is 0.352 e. The molecule has 0 bridgehead atoms. The maximum absolute atomic E-state index is 13.5. The van der Waals surface area contributed by atoms with E-state index in [1.807, 2.05) is 24.3 Å². The number of amides is 2. The molecule has 0 radical (unpaired) electrons. The molecule has 3 rings (SSSR count). The number of nitrogens with one attached hydrogen (secondary N) is 1. The molecular weight excluding hydrogens is 506 g/mol. The van der Waals surface area contributed by atoms with Crippen LogP contribution in [-0.2, 0) is 26.2 Å². The number of halogens is 1. The number of anilines is 1. The molecule has 1 atom stereocenters. The van der Waals surface area contributed by atoms with Gasteiger partial charge in [-0.3, -0.25) is 13.9 Å². The molecule has 1 aliphatic rings. The maximum Gasteiger partial charge on any atom is 0.244 e. The zero-order chi connectivity index (χ0) is 24.0. The van der Waals surface area contributed by atoms with Gasteiger partial charge in [0.15, 0.2) is 0 Å². The Hall–Kier alpha value is -2.39. The van der Waals surface area contributed by atoms with Crippen LogP contribution in [0.1, 0.15) is 38.2 Å². The minimum Gasteiger partial charge on any atom is -0.352 e. The fraction of sp³-hybridized carbons (Fsp3) is 0.417. The highest BCUT2D eigenvalue weighted by Crippen LogP contribution is 2.21. The number of hydrogen-bond acceptors (Lipinski definition) is 4. The summed E-state index contributed by atoms with van der Waals surface area (Å²) in [6, 6.07) is 15.4. The van der Waals surface area contributed by atoms with E-state index < -0.39 is 22.0 Å². The molecule has 2 aromatic carbocycles. The Morgan fingerprint density at radius 1 is 1.06 bits per heavy atom. The molecule has 0 unspecified atom stereocenters. The Morgan fingerprint density at radius 3 is 2.24 bits per heavy atom. The Balaban J connectivity index is 1.85. The third kappa shape index (κ3) is 7.04. The van der Waals surface area contributed by atoms with Crippen molar-refractivity contribution in [3.8, 4) is 0 Å². The Labute approximate surface area is 204 Å². The summed E-state index contributed by atoms with van der Waals surface area (Å²) in [7, 11) is -3.71. The van der Waals surface area contributed by atoms with Gasteiger partial charge in [-0.05, 0) is 49.6 Å². The number of carbonyl (C=O) groups excluding carboxylic acids is 2. The van der Waals surface area contributed by atoms with Crippen LogP contribution in [-0.4, -0.2) is 50.0 Å². The molecule has 1 fully saturated rings. The van der Waals surface area contributed by atoms with Crippen LogP contribution in [0.2, 0.25) is 0 Å². The average Bonchev–Trinajstić information content (AvgIpc) is 3.29. The Bertz CT molecular complexity index is 1050. The first-order chi connectivity index (χ1) is 15.6. The number of carbonyl (C=O) groups is 2. The summed E-state index contributed by atoms with van der Waals surface area (Å²) >= 11 is 3.40. The van der Waals surface area contributed by atoms with Crippen molar-refractivity contribution in [3.05, 3.63) is 64.6 Å². The zero-order valence-corrected chi connectivity index (χ0v) is 21.3. The summed E-state index contributed by atoms with van der Waals surface area (Å²) in [5.41, 5.74) is 1.25. The minimum absolute atomic E-state index is 0.126. The topological polar surface area (TPSA) is 86.8 Å². The van der Waals surface area contributed by atoms with E-state index in [1.165, 1.54) is 4.90 Å². The molecule has 0 saturated heterocycles. The molecule has 0 heterocycles. The predicted molar refractivity (Wildman–Crippen MR) is 133 cm³/mol. The molecule has 9 heteroatoms. The van der Waals surface area contributed by atoms with Gasteiger partial charge < -0.3 is 10.2 Å². The summed E-state index contributed by atoms with van der Waals surface area (Å²) in [5, 5.41) is 3.05. The highest BCUT2D eigenvalue weighted by molar-refractivity contribution is 9.10. The van der Waals surface area contributed by atoms with Crippen LogP contribution in [0.3, 0.4) is 0 Å². The molecule has 2 amide bonds. The zero-order valence-electron chi connectivity index (χ0n) is 18.9. The molecule has 2 aromatic rings. The first-order valence-electron chi connectivity index (χ1n) is 11.0.